The highest BCUT2D eigenvalue weighted by atomic mass is 16.1. The number of carbonyl (C=O) groups excluding carboxylic acids is 1. The van der Waals surface area contributed by atoms with Crippen LogP contribution in [0.2, 0.25) is 0 Å². The van der Waals surface area contributed by atoms with Gasteiger partial charge in [-0.15, -0.1) is 0 Å². The largest absolute Gasteiger partial charge is 0.395 e. The minimum Gasteiger partial charge on any atom is -0.395 e. The molecule has 0 spiro atoms. The van der Waals surface area contributed by atoms with E-state index in [1.807, 2.05) is 26.2 Å². The maximum absolute atomic E-state index is 12.0. The molecule has 0 aliphatic rings. The first-order valence-electron chi connectivity index (χ1n) is 6.71. The fraction of sp³-hybridized carbons (Fsp3) is 0.462. The van der Waals surface area contributed by atoms with Gasteiger partial charge in [-0.2, -0.15) is 10.2 Å². The van der Waals surface area contributed by atoms with Crippen molar-refractivity contribution in [3.63, 3.8) is 0 Å². The number of anilines is 1. The molecule has 0 aromatic carbocycles. The summed E-state index contributed by atoms with van der Waals surface area (Å²) in [5, 5.41) is 13.8. The Balaban J connectivity index is 1.88. The van der Waals surface area contributed by atoms with E-state index in [1.54, 1.807) is 4.68 Å². The maximum Gasteiger partial charge on any atom is 0.273 e. The quantitative estimate of drug-likeness (QED) is 0.721. The third kappa shape index (κ3) is 3.17. The van der Waals surface area contributed by atoms with Crippen LogP contribution in [0.5, 0.6) is 0 Å². The molecule has 2 aromatic rings. The zero-order valence-corrected chi connectivity index (χ0v) is 11.8. The molecule has 0 unspecified atom stereocenters. The molecule has 0 fully saturated rings. The molecular formula is C13H20N6O. The summed E-state index contributed by atoms with van der Waals surface area (Å²) in [4.78, 5) is 12.0. The van der Waals surface area contributed by atoms with E-state index in [2.05, 4.69) is 20.6 Å². The SMILES string of the molecule is CCCc1[nH]nc(C(=O)NCCc2ccn(C)n2)c1N. The lowest BCUT2D eigenvalue weighted by Gasteiger charge is -2.02. The molecule has 0 atom stereocenters. The Morgan fingerprint density at radius 3 is 2.95 bits per heavy atom. The van der Waals surface area contributed by atoms with Crippen LogP contribution in [-0.4, -0.2) is 32.4 Å². The van der Waals surface area contributed by atoms with Crippen LogP contribution in [-0.2, 0) is 19.9 Å². The van der Waals surface area contributed by atoms with Crippen molar-refractivity contribution in [3.8, 4) is 0 Å². The van der Waals surface area contributed by atoms with E-state index in [0.717, 1.165) is 24.2 Å². The molecule has 2 rings (SSSR count). The highest BCUT2D eigenvalue weighted by molar-refractivity contribution is 5.97. The summed E-state index contributed by atoms with van der Waals surface area (Å²) < 4.78 is 1.74. The second kappa shape index (κ2) is 6.23. The molecule has 7 heteroatoms. The average Bonchev–Trinajstić information content (AvgIpc) is 2.98. The van der Waals surface area contributed by atoms with Crippen LogP contribution >= 0.6 is 0 Å². The molecule has 1 amide bonds. The van der Waals surface area contributed by atoms with Gasteiger partial charge in [0.05, 0.1) is 17.1 Å². The number of nitrogens with zero attached hydrogens (tertiary/aromatic N) is 3. The van der Waals surface area contributed by atoms with Crippen molar-refractivity contribution in [1.29, 1.82) is 0 Å². The van der Waals surface area contributed by atoms with Gasteiger partial charge in [0.25, 0.3) is 5.91 Å². The summed E-state index contributed by atoms with van der Waals surface area (Å²) in [5.74, 6) is -0.253. The van der Waals surface area contributed by atoms with Crippen LogP contribution in [0.4, 0.5) is 5.69 Å². The van der Waals surface area contributed by atoms with Gasteiger partial charge in [-0.3, -0.25) is 14.6 Å². The van der Waals surface area contributed by atoms with Crippen LogP contribution < -0.4 is 11.1 Å². The van der Waals surface area contributed by atoms with E-state index in [9.17, 15) is 4.79 Å². The molecule has 0 radical (unpaired) electrons. The Labute approximate surface area is 117 Å². The zero-order valence-electron chi connectivity index (χ0n) is 11.8. The number of carbonyl (C=O) groups is 1. The number of amides is 1. The Hall–Kier alpha value is -2.31. The molecule has 0 bridgehead atoms. The minimum absolute atomic E-state index is 0.253. The summed E-state index contributed by atoms with van der Waals surface area (Å²) in [6.45, 7) is 2.55. The van der Waals surface area contributed by atoms with Crippen molar-refractivity contribution >= 4 is 11.6 Å². The summed E-state index contributed by atoms with van der Waals surface area (Å²) in [7, 11) is 1.86. The molecule has 7 nitrogen and oxygen atoms in total. The summed E-state index contributed by atoms with van der Waals surface area (Å²) in [6, 6.07) is 1.93. The number of aromatic amines is 1. The number of nitrogens with one attached hydrogen (secondary N) is 2. The predicted octanol–water partition coefficient (Wildman–Crippen LogP) is 0.650. The Morgan fingerprint density at radius 2 is 2.30 bits per heavy atom. The highest BCUT2D eigenvalue weighted by Crippen LogP contribution is 2.15. The number of hydrogen-bond acceptors (Lipinski definition) is 4. The van der Waals surface area contributed by atoms with Crippen molar-refractivity contribution in [2.75, 3.05) is 12.3 Å². The van der Waals surface area contributed by atoms with E-state index in [1.165, 1.54) is 0 Å². The standard InChI is InChI=1S/C13H20N6O/c1-3-4-10-11(14)12(17-16-10)13(20)15-7-5-9-6-8-19(2)18-9/h6,8H,3-5,7,14H2,1-2H3,(H,15,20)(H,16,17). The number of nitrogen functional groups attached to an aromatic ring is 1. The molecular weight excluding hydrogens is 256 g/mol. The van der Waals surface area contributed by atoms with Gasteiger partial charge in [0, 0.05) is 26.2 Å². The van der Waals surface area contributed by atoms with Gasteiger partial charge < -0.3 is 11.1 Å². The topological polar surface area (TPSA) is 102 Å². The van der Waals surface area contributed by atoms with Gasteiger partial charge >= 0.3 is 0 Å². The first kappa shape index (κ1) is 14.1. The number of aromatic nitrogens is 4. The lowest BCUT2D eigenvalue weighted by atomic mass is 10.2. The van der Waals surface area contributed by atoms with Gasteiger partial charge in [0.1, 0.15) is 0 Å². The Bertz CT molecular complexity index is 585. The van der Waals surface area contributed by atoms with Crippen LogP contribution in [0.1, 0.15) is 35.2 Å². The van der Waals surface area contributed by atoms with Crippen LogP contribution in [0.25, 0.3) is 0 Å². The maximum atomic E-state index is 12.0. The van der Waals surface area contributed by atoms with Crippen LogP contribution in [0.3, 0.4) is 0 Å². The first-order chi connectivity index (χ1) is 9.61. The van der Waals surface area contributed by atoms with Crippen molar-refractivity contribution in [1.82, 2.24) is 25.3 Å². The molecule has 4 N–H and O–H groups in total. The fourth-order valence-electron chi connectivity index (χ4n) is 1.98. The third-order valence-corrected chi connectivity index (χ3v) is 3.03. The van der Waals surface area contributed by atoms with Crippen molar-refractivity contribution in [3.05, 3.63) is 29.3 Å². The van der Waals surface area contributed by atoms with E-state index in [4.69, 9.17) is 5.73 Å². The van der Waals surface area contributed by atoms with Crippen LogP contribution in [0.15, 0.2) is 12.3 Å². The fourth-order valence-corrected chi connectivity index (χ4v) is 1.98. The van der Waals surface area contributed by atoms with E-state index >= 15 is 0 Å². The molecule has 0 aliphatic carbocycles. The molecule has 20 heavy (non-hydrogen) atoms. The molecule has 2 aromatic heterocycles. The second-order valence-corrected chi connectivity index (χ2v) is 4.70. The Morgan fingerprint density at radius 1 is 1.50 bits per heavy atom. The van der Waals surface area contributed by atoms with Gasteiger partial charge in [0.2, 0.25) is 0 Å². The second-order valence-electron chi connectivity index (χ2n) is 4.70. The number of H-pyrrole nitrogens is 1. The van der Waals surface area contributed by atoms with Crippen molar-refractivity contribution < 1.29 is 4.79 Å². The number of nitrogens with two attached hydrogens (primary N) is 1. The summed E-state index contributed by atoms with van der Waals surface area (Å²) in [6.07, 6.45) is 4.30. The summed E-state index contributed by atoms with van der Waals surface area (Å²) >= 11 is 0. The van der Waals surface area contributed by atoms with E-state index < -0.39 is 0 Å². The number of hydrogen-bond donors (Lipinski definition) is 3. The van der Waals surface area contributed by atoms with Gasteiger partial charge in [0.15, 0.2) is 5.69 Å². The smallest absolute Gasteiger partial charge is 0.273 e. The van der Waals surface area contributed by atoms with Crippen LogP contribution in [0, 0.1) is 0 Å². The lowest BCUT2D eigenvalue weighted by Crippen LogP contribution is -2.27. The minimum atomic E-state index is -0.253. The normalized spacial score (nSPS) is 10.7. The van der Waals surface area contributed by atoms with Gasteiger partial charge in [-0.05, 0) is 12.5 Å². The molecule has 0 aliphatic heterocycles. The molecule has 0 saturated heterocycles. The van der Waals surface area contributed by atoms with E-state index in [-0.39, 0.29) is 11.6 Å². The van der Waals surface area contributed by atoms with E-state index in [0.29, 0.717) is 18.7 Å². The zero-order chi connectivity index (χ0) is 14.5. The predicted molar refractivity (Wildman–Crippen MR) is 76.2 cm³/mol. The third-order valence-electron chi connectivity index (χ3n) is 3.03. The van der Waals surface area contributed by atoms with Gasteiger partial charge in [-0.25, -0.2) is 0 Å². The Kier molecular flexibility index (Phi) is 4.39. The molecule has 0 saturated carbocycles. The van der Waals surface area contributed by atoms with Crippen molar-refractivity contribution in [2.24, 2.45) is 7.05 Å². The molecule has 108 valence electrons. The number of aryl methyl sites for hydroxylation is 2. The van der Waals surface area contributed by atoms with Crippen molar-refractivity contribution in [2.45, 2.75) is 26.2 Å². The average molecular weight is 276 g/mol. The molecule has 2 heterocycles. The highest BCUT2D eigenvalue weighted by Gasteiger charge is 2.16. The summed E-state index contributed by atoms with van der Waals surface area (Å²) in [5.41, 5.74) is 8.39. The monoisotopic (exact) mass is 276 g/mol. The van der Waals surface area contributed by atoms with Gasteiger partial charge in [-0.1, -0.05) is 13.3 Å². The lowest BCUT2D eigenvalue weighted by molar-refractivity contribution is 0.0950. The first-order valence-corrected chi connectivity index (χ1v) is 6.71. The number of rotatable bonds is 6.